The number of nitrogens with one attached hydrogen (secondary N) is 1. The third-order valence-electron chi connectivity index (χ3n) is 4.40. The first-order valence-corrected chi connectivity index (χ1v) is 8.51. The van der Waals surface area contributed by atoms with Crippen LogP contribution in [-0.2, 0) is 4.79 Å². The SMILES string of the molecule is CCC(=O)N[C@@H](c1ccc(C)cc1)c1cc([N+](=O)[O-])c2cccnc2c1[O-]. The summed E-state index contributed by atoms with van der Waals surface area (Å²) >= 11 is 0. The summed E-state index contributed by atoms with van der Waals surface area (Å²) < 4.78 is 0. The van der Waals surface area contributed by atoms with Crippen molar-refractivity contribution in [1.82, 2.24) is 10.3 Å². The summed E-state index contributed by atoms with van der Waals surface area (Å²) in [5.41, 5.74) is 1.62. The summed E-state index contributed by atoms with van der Waals surface area (Å²) in [6.07, 6.45) is 1.65. The zero-order valence-electron chi connectivity index (χ0n) is 14.9. The van der Waals surface area contributed by atoms with Crippen LogP contribution in [-0.4, -0.2) is 15.8 Å². The summed E-state index contributed by atoms with van der Waals surface area (Å²) in [6.45, 7) is 3.62. The van der Waals surface area contributed by atoms with Gasteiger partial charge in [0.2, 0.25) is 5.91 Å². The minimum atomic E-state index is -0.796. The molecule has 0 saturated carbocycles. The molecular formula is C20H18N3O4-. The Morgan fingerprint density at radius 3 is 2.59 bits per heavy atom. The normalized spacial score (nSPS) is 11.9. The summed E-state index contributed by atoms with van der Waals surface area (Å²) in [6, 6.07) is 10.8. The van der Waals surface area contributed by atoms with Gasteiger partial charge in [-0.05, 0) is 30.2 Å². The lowest BCUT2D eigenvalue weighted by atomic mass is 9.94. The second-order valence-electron chi connectivity index (χ2n) is 6.24. The highest BCUT2D eigenvalue weighted by Gasteiger charge is 2.23. The first-order chi connectivity index (χ1) is 12.9. The van der Waals surface area contributed by atoms with Crippen molar-refractivity contribution >= 4 is 22.5 Å². The lowest BCUT2D eigenvalue weighted by Crippen LogP contribution is -2.29. The molecule has 1 heterocycles. The predicted molar refractivity (Wildman–Crippen MR) is 99.3 cm³/mol. The standard InChI is InChI=1S/C20H19N3O4/c1-3-17(24)22-18(13-8-6-12(2)7-9-13)15-11-16(23(26)27)14-5-4-10-21-19(14)20(15)25/h4-11,18,25H,3H2,1-2H3,(H,22,24)/p-1/t18-/m0/s1. The second-order valence-corrected chi connectivity index (χ2v) is 6.24. The molecule has 0 spiro atoms. The number of carbonyl (C=O) groups is 1. The Balaban J connectivity index is 2.26. The molecule has 0 unspecified atom stereocenters. The first kappa shape index (κ1) is 18.3. The van der Waals surface area contributed by atoms with Crippen LogP contribution in [0.1, 0.15) is 36.1 Å². The van der Waals surface area contributed by atoms with Gasteiger partial charge in [0.1, 0.15) is 0 Å². The molecule has 27 heavy (non-hydrogen) atoms. The molecule has 1 amide bonds. The second kappa shape index (κ2) is 7.41. The molecule has 2 aromatic carbocycles. The topological polar surface area (TPSA) is 108 Å². The van der Waals surface area contributed by atoms with Gasteiger partial charge in [0.15, 0.2) is 0 Å². The molecule has 3 aromatic rings. The van der Waals surface area contributed by atoms with E-state index in [4.69, 9.17) is 0 Å². The number of amides is 1. The maximum Gasteiger partial charge on any atom is 0.279 e. The molecule has 0 aliphatic carbocycles. The quantitative estimate of drug-likeness (QED) is 0.553. The van der Waals surface area contributed by atoms with Gasteiger partial charge in [-0.2, -0.15) is 0 Å². The van der Waals surface area contributed by atoms with Crippen molar-refractivity contribution in [3.8, 4) is 5.75 Å². The Bertz CT molecular complexity index is 1020. The Labute approximate surface area is 155 Å². The number of nitro groups is 1. The molecule has 1 N–H and O–H groups in total. The molecular weight excluding hydrogens is 346 g/mol. The van der Waals surface area contributed by atoms with Crippen LogP contribution in [0.15, 0.2) is 48.7 Å². The third-order valence-corrected chi connectivity index (χ3v) is 4.40. The number of benzene rings is 2. The lowest BCUT2D eigenvalue weighted by molar-refractivity contribution is -0.383. The van der Waals surface area contributed by atoms with E-state index in [1.807, 2.05) is 19.1 Å². The van der Waals surface area contributed by atoms with E-state index in [0.29, 0.717) is 5.56 Å². The number of nitrogens with zero attached hydrogens (tertiary/aromatic N) is 2. The van der Waals surface area contributed by atoms with Crippen LogP contribution >= 0.6 is 0 Å². The monoisotopic (exact) mass is 364 g/mol. The number of carbonyl (C=O) groups excluding carboxylic acids is 1. The van der Waals surface area contributed by atoms with E-state index in [2.05, 4.69) is 10.3 Å². The molecule has 0 aliphatic heterocycles. The highest BCUT2D eigenvalue weighted by atomic mass is 16.6. The van der Waals surface area contributed by atoms with Crippen molar-refractivity contribution in [3.05, 3.63) is 75.5 Å². The zero-order valence-corrected chi connectivity index (χ0v) is 14.9. The number of non-ortho nitro benzene ring substituents is 1. The minimum absolute atomic E-state index is 0.0181. The smallest absolute Gasteiger partial charge is 0.279 e. The van der Waals surface area contributed by atoms with Gasteiger partial charge in [0, 0.05) is 18.7 Å². The van der Waals surface area contributed by atoms with Crippen LogP contribution < -0.4 is 10.4 Å². The molecule has 1 atom stereocenters. The van der Waals surface area contributed by atoms with E-state index in [9.17, 15) is 20.0 Å². The van der Waals surface area contributed by atoms with Crippen LogP contribution in [0.4, 0.5) is 5.69 Å². The van der Waals surface area contributed by atoms with Gasteiger partial charge in [-0.3, -0.25) is 19.9 Å². The van der Waals surface area contributed by atoms with Crippen LogP contribution in [0.3, 0.4) is 0 Å². The van der Waals surface area contributed by atoms with Crippen LogP contribution in [0.5, 0.6) is 5.75 Å². The van der Waals surface area contributed by atoms with E-state index in [1.54, 1.807) is 25.1 Å². The van der Waals surface area contributed by atoms with Gasteiger partial charge in [-0.1, -0.05) is 42.5 Å². The summed E-state index contributed by atoms with van der Waals surface area (Å²) in [4.78, 5) is 27.1. The third kappa shape index (κ3) is 3.57. The van der Waals surface area contributed by atoms with Crippen molar-refractivity contribution in [3.63, 3.8) is 0 Å². The zero-order chi connectivity index (χ0) is 19.6. The highest BCUT2D eigenvalue weighted by molar-refractivity contribution is 5.93. The van der Waals surface area contributed by atoms with Crippen LogP contribution in [0.2, 0.25) is 0 Å². The predicted octanol–water partition coefficient (Wildman–Crippen LogP) is 3.14. The molecule has 1 aromatic heterocycles. The van der Waals surface area contributed by atoms with E-state index in [-0.39, 0.29) is 34.5 Å². The molecule has 0 saturated heterocycles. The number of hydrogen-bond acceptors (Lipinski definition) is 5. The number of aryl methyl sites for hydroxylation is 1. The van der Waals surface area contributed by atoms with Gasteiger partial charge in [0.25, 0.3) is 5.69 Å². The maximum atomic E-state index is 13.0. The average molecular weight is 364 g/mol. The van der Waals surface area contributed by atoms with Gasteiger partial charge in [-0.25, -0.2) is 0 Å². The van der Waals surface area contributed by atoms with Gasteiger partial charge in [0.05, 0.1) is 21.9 Å². The van der Waals surface area contributed by atoms with Gasteiger partial charge < -0.3 is 10.4 Å². The first-order valence-electron chi connectivity index (χ1n) is 8.51. The molecule has 0 fully saturated rings. The highest BCUT2D eigenvalue weighted by Crippen LogP contribution is 2.38. The van der Waals surface area contributed by atoms with Crippen LogP contribution in [0, 0.1) is 17.0 Å². The Morgan fingerprint density at radius 2 is 1.96 bits per heavy atom. The number of hydrogen-bond donors (Lipinski definition) is 1. The van der Waals surface area contributed by atoms with Crippen LogP contribution in [0.25, 0.3) is 10.9 Å². The fourth-order valence-corrected chi connectivity index (χ4v) is 2.95. The van der Waals surface area contributed by atoms with E-state index in [0.717, 1.165) is 5.56 Å². The fourth-order valence-electron chi connectivity index (χ4n) is 2.95. The average Bonchev–Trinajstić information content (AvgIpc) is 2.67. The van der Waals surface area contributed by atoms with E-state index < -0.39 is 16.7 Å². The fraction of sp³-hybridized carbons (Fsp3) is 0.200. The van der Waals surface area contributed by atoms with Crippen molar-refractivity contribution < 1.29 is 14.8 Å². The van der Waals surface area contributed by atoms with Gasteiger partial charge in [-0.15, -0.1) is 0 Å². The number of rotatable bonds is 5. The largest absolute Gasteiger partial charge is 0.871 e. The summed E-state index contributed by atoms with van der Waals surface area (Å²) in [5, 5.41) is 27.5. The van der Waals surface area contributed by atoms with Gasteiger partial charge >= 0.3 is 0 Å². The number of pyridine rings is 1. The molecule has 7 nitrogen and oxygen atoms in total. The molecule has 3 rings (SSSR count). The molecule has 0 radical (unpaired) electrons. The molecule has 7 heteroatoms. The van der Waals surface area contributed by atoms with E-state index >= 15 is 0 Å². The Hall–Kier alpha value is -3.48. The summed E-state index contributed by atoms with van der Waals surface area (Å²) in [5.74, 6) is -0.693. The molecule has 138 valence electrons. The van der Waals surface area contributed by atoms with E-state index in [1.165, 1.54) is 18.3 Å². The molecule has 0 bridgehead atoms. The maximum absolute atomic E-state index is 13.0. The number of nitro benzene ring substituents is 1. The van der Waals surface area contributed by atoms with Crippen molar-refractivity contribution in [1.29, 1.82) is 0 Å². The number of aromatic nitrogens is 1. The number of fused-ring (bicyclic) bond motifs is 1. The minimum Gasteiger partial charge on any atom is -0.871 e. The van der Waals surface area contributed by atoms with Crippen molar-refractivity contribution in [2.75, 3.05) is 0 Å². The Kier molecular flexibility index (Phi) is 5.03. The lowest BCUT2D eigenvalue weighted by Gasteiger charge is -2.25. The van der Waals surface area contributed by atoms with Crippen molar-refractivity contribution in [2.45, 2.75) is 26.3 Å². The van der Waals surface area contributed by atoms with Crippen molar-refractivity contribution in [2.24, 2.45) is 0 Å². The Morgan fingerprint density at radius 1 is 1.26 bits per heavy atom. The molecule has 0 aliphatic rings. The summed E-state index contributed by atoms with van der Waals surface area (Å²) in [7, 11) is 0.